The van der Waals surface area contributed by atoms with Crippen molar-refractivity contribution in [3.63, 3.8) is 0 Å². The molecule has 6 N–H and O–H groups in total. The fourth-order valence-electron chi connectivity index (χ4n) is 3.88. The standard InChI is InChI=1S/C25H26O13/c1-35-17-8-13(9-18(36-2)21(17)30)23(31)37-19-11-25(34,24(32)33)10-16(28)22(19)38-20(29)6-4-12-3-5-14(26)15(27)7-12/h3-9,16,19,22,26-28,30,34H,10-11H2,1-2H3,(H,32,33)/b6-4+/t16-,19-,22-,25+/m1/s1. The van der Waals surface area contributed by atoms with Crippen molar-refractivity contribution in [1.82, 2.24) is 0 Å². The summed E-state index contributed by atoms with van der Waals surface area (Å²) in [6.45, 7) is 0. The van der Waals surface area contributed by atoms with Crippen LogP contribution < -0.4 is 9.47 Å². The van der Waals surface area contributed by atoms with Gasteiger partial charge in [0.05, 0.1) is 25.9 Å². The summed E-state index contributed by atoms with van der Waals surface area (Å²) in [7, 11) is 2.47. The third kappa shape index (κ3) is 6.07. The highest BCUT2D eigenvalue weighted by Crippen LogP contribution is 2.38. The van der Waals surface area contributed by atoms with Gasteiger partial charge in [-0.2, -0.15) is 0 Å². The van der Waals surface area contributed by atoms with E-state index in [1.807, 2.05) is 0 Å². The van der Waals surface area contributed by atoms with E-state index in [1.54, 1.807) is 0 Å². The lowest BCUT2D eigenvalue weighted by atomic mass is 9.79. The Hall–Kier alpha value is -4.49. The Bertz CT molecular complexity index is 1230. The van der Waals surface area contributed by atoms with Crippen LogP contribution in [0.15, 0.2) is 36.4 Å². The molecule has 1 fully saturated rings. The summed E-state index contributed by atoms with van der Waals surface area (Å²) in [5.74, 6) is -5.21. The first-order valence-electron chi connectivity index (χ1n) is 11.1. The summed E-state index contributed by atoms with van der Waals surface area (Å²) >= 11 is 0. The van der Waals surface area contributed by atoms with Crippen molar-refractivity contribution in [2.24, 2.45) is 0 Å². The van der Waals surface area contributed by atoms with E-state index in [9.17, 15) is 45.0 Å². The second-order valence-electron chi connectivity index (χ2n) is 8.47. The number of carboxylic acids is 1. The number of aliphatic hydroxyl groups is 2. The maximum atomic E-state index is 12.9. The molecule has 0 unspecified atom stereocenters. The molecule has 13 nitrogen and oxygen atoms in total. The molecule has 13 heteroatoms. The third-order valence-corrected chi connectivity index (χ3v) is 5.87. The van der Waals surface area contributed by atoms with Crippen LogP contribution in [0.1, 0.15) is 28.8 Å². The Morgan fingerprint density at radius 1 is 0.947 bits per heavy atom. The Balaban J connectivity index is 1.85. The van der Waals surface area contributed by atoms with Crippen LogP contribution in [0.4, 0.5) is 0 Å². The monoisotopic (exact) mass is 534 g/mol. The number of aromatic hydroxyl groups is 3. The number of methoxy groups -OCH3 is 2. The van der Waals surface area contributed by atoms with Crippen LogP contribution in [0.5, 0.6) is 28.7 Å². The molecule has 4 atom stereocenters. The van der Waals surface area contributed by atoms with E-state index >= 15 is 0 Å². The predicted molar refractivity (Wildman–Crippen MR) is 127 cm³/mol. The largest absolute Gasteiger partial charge is 0.504 e. The van der Waals surface area contributed by atoms with Gasteiger partial charge in [-0.3, -0.25) is 0 Å². The Labute approximate surface area is 215 Å². The van der Waals surface area contributed by atoms with Gasteiger partial charge in [0.25, 0.3) is 0 Å². The van der Waals surface area contributed by atoms with Crippen LogP contribution in [0.2, 0.25) is 0 Å². The second kappa shape index (κ2) is 11.3. The van der Waals surface area contributed by atoms with E-state index in [2.05, 4.69) is 0 Å². The van der Waals surface area contributed by atoms with E-state index in [1.165, 1.54) is 38.5 Å². The number of rotatable bonds is 8. The van der Waals surface area contributed by atoms with Crippen molar-refractivity contribution in [2.45, 2.75) is 36.8 Å². The van der Waals surface area contributed by atoms with Gasteiger partial charge in [-0.25, -0.2) is 14.4 Å². The average Bonchev–Trinajstić information content (AvgIpc) is 2.86. The SMILES string of the molecule is COc1cc(C(=O)O[C@@H]2C[C@](O)(C(=O)O)C[C@@H](O)[C@H]2OC(=O)/C=C/c2ccc(O)c(O)c2)cc(OC)c1O. The lowest BCUT2D eigenvalue weighted by molar-refractivity contribution is -0.197. The number of esters is 2. The van der Waals surface area contributed by atoms with Crippen LogP contribution in [0.3, 0.4) is 0 Å². The molecule has 1 saturated carbocycles. The highest BCUT2D eigenvalue weighted by molar-refractivity contribution is 5.91. The summed E-state index contributed by atoms with van der Waals surface area (Å²) in [4.78, 5) is 37.0. The molecular weight excluding hydrogens is 508 g/mol. The molecule has 1 aliphatic carbocycles. The summed E-state index contributed by atoms with van der Waals surface area (Å²) in [6, 6.07) is 6.01. The molecule has 38 heavy (non-hydrogen) atoms. The van der Waals surface area contributed by atoms with Crippen molar-refractivity contribution >= 4 is 24.0 Å². The van der Waals surface area contributed by atoms with Crippen molar-refractivity contribution in [3.8, 4) is 28.7 Å². The summed E-state index contributed by atoms with van der Waals surface area (Å²) in [5.41, 5.74) is -2.36. The lowest BCUT2D eigenvalue weighted by Gasteiger charge is -2.40. The maximum absolute atomic E-state index is 12.9. The first-order chi connectivity index (χ1) is 17.9. The fourth-order valence-corrected chi connectivity index (χ4v) is 3.88. The van der Waals surface area contributed by atoms with Crippen LogP contribution >= 0.6 is 0 Å². The zero-order valence-electron chi connectivity index (χ0n) is 20.2. The van der Waals surface area contributed by atoms with Crippen LogP contribution in [-0.2, 0) is 19.1 Å². The van der Waals surface area contributed by atoms with Crippen LogP contribution in [0.25, 0.3) is 6.08 Å². The highest BCUT2D eigenvalue weighted by atomic mass is 16.6. The van der Waals surface area contributed by atoms with Crippen LogP contribution in [-0.4, -0.2) is 86.7 Å². The lowest BCUT2D eigenvalue weighted by Crippen LogP contribution is -2.58. The van der Waals surface area contributed by atoms with Gasteiger partial charge in [0.2, 0.25) is 5.75 Å². The normalized spacial score (nSPS) is 23.0. The third-order valence-electron chi connectivity index (χ3n) is 5.87. The van der Waals surface area contributed by atoms with E-state index in [-0.39, 0.29) is 28.6 Å². The molecular formula is C25H26O13. The van der Waals surface area contributed by atoms with E-state index in [0.717, 1.165) is 18.2 Å². The topological polar surface area (TPSA) is 210 Å². The molecule has 0 radical (unpaired) electrons. The minimum atomic E-state index is -2.49. The molecule has 0 aromatic heterocycles. The number of phenolic OH excluding ortho intramolecular Hbond substituents is 3. The van der Waals surface area contributed by atoms with Gasteiger partial charge in [0, 0.05) is 18.9 Å². The Morgan fingerprint density at radius 3 is 2.13 bits per heavy atom. The molecule has 0 bridgehead atoms. The molecule has 0 amide bonds. The molecule has 0 spiro atoms. The van der Waals surface area contributed by atoms with Gasteiger partial charge >= 0.3 is 17.9 Å². The number of ether oxygens (including phenoxy) is 4. The first kappa shape index (κ1) is 28.1. The van der Waals surface area contributed by atoms with Gasteiger partial charge in [-0.15, -0.1) is 0 Å². The van der Waals surface area contributed by atoms with Crippen molar-refractivity contribution < 1.29 is 64.0 Å². The van der Waals surface area contributed by atoms with Crippen molar-refractivity contribution in [2.75, 3.05) is 14.2 Å². The van der Waals surface area contributed by atoms with Gasteiger partial charge in [-0.05, 0) is 35.9 Å². The average molecular weight is 534 g/mol. The zero-order chi connectivity index (χ0) is 28.2. The first-order valence-corrected chi connectivity index (χ1v) is 11.1. The van der Waals surface area contributed by atoms with Crippen molar-refractivity contribution in [1.29, 1.82) is 0 Å². The molecule has 2 aromatic rings. The number of carbonyl (C=O) groups is 3. The van der Waals surface area contributed by atoms with Crippen LogP contribution in [0, 0.1) is 0 Å². The maximum Gasteiger partial charge on any atom is 0.338 e. The Kier molecular flexibility index (Phi) is 8.33. The number of aliphatic carboxylic acids is 1. The summed E-state index contributed by atoms with van der Waals surface area (Å²) in [6.07, 6.45) is -4.17. The molecule has 0 aliphatic heterocycles. The molecule has 204 valence electrons. The number of phenols is 3. The summed E-state index contributed by atoms with van der Waals surface area (Å²) in [5, 5.41) is 59.5. The number of benzene rings is 2. The smallest absolute Gasteiger partial charge is 0.338 e. The second-order valence-corrected chi connectivity index (χ2v) is 8.47. The number of hydrogen-bond acceptors (Lipinski definition) is 12. The predicted octanol–water partition coefficient (Wildman–Crippen LogP) is 0.942. The van der Waals surface area contributed by atoms with Gasteiger partial charge < -0.3 is 49.6 Å². The zero-order valence-corrected chi connectivity index (χ0v) is 20.2. The molecule has 2 aromatic carbocycles. The van der Waals surface area contributed by atoms with Gasteiger partial charge in [0.15, 0.2) is 34.7 Å². The Morgan fingerprint density at radius 2 is 1.58 bits per heavy atom. The highest BCUT2D eigenvalue weighted by Gasteiger charge is 2.52. The fraction of sp³-hybridized carbons (Fsp3) is 0.320. The van der Waals surface area contributed by atoms with Crippen molar-refractivity contribution in [3.05, 3.63) is 47.5 Å². The number of carbonyl (C=O) groups excluding carboxylic acids is 2. The minimum absolute atomic E-state index is 0.129. The molecule has 0 saturated heterocycles. The number of carboxylic acid groups (broad SMARTS) is 1. The van der Waals surface area contributed by atoms with E-state index in [4.69, 9.17) is 18.9 Å². The van der Waals surface area contributed by atoms with E-state index in [0.29, 0.717) is 5.56 Å². The number of hydrogen-bond donors (Lipinski definition) is 6. The quantitative estimate of drug-likeness (QED) is 0.158. The van der Waals surface area contributed by atoms with Gasteiger partial charge in [-0.1, -0.05) is 6.07 Å². The molecule has 0 heterocycles. The molecule has 3 rings (SSSR count). The molecule has 1 aliphatic rings. The van der Waals surface area contributed by atoms with Gasteiger partial charge in [0.1, 0.15) is 6.10 Å². The summed E-state index contributed by atoms with van der Waals surface area (Å²) < 4.78 is 20.6. The number of aliphatic hydroxyl groups excluding tert-OH is 1. The van der Waals surface area contributed by atoms with E-state index < -0.39 is 60.4 Å². The minimum Gasteiger partial charge on any atom is -0.504 e.